The quantitative estimate of drug-likeness (QED) is 0.782. The van der Waals surface area contributed by atoms with Crippen LogP contribution < -0.4 is 10.1 Å². The molecule has 0 spiro atoms. The Labute approximate surface area is 144 Å². The number of fused-ring (bicyclic) bond motifs is 3. The van der Waals surface area contributed by atoms with Crippen LogP contribution in [0.5, 0.6) is 5.75 Å². The molecule has 0 bridgehead atoms. The van der Waals surface area contributed by atoms with Crippen LogP contribution in [0.1, 0.15) is 29.9 Å². The molecule has 6 heteroatoms. The van der Waals surface area contributed by atoms with Gasteiger partial charge in [-0.2, -0.15) is 0 Å². The van der Waals surface area contributed by atoms with E-state index in [4.69, 9.17) is 21.3 Å². The van der Waals surface area contributed by atoms with Crippen LogP contribution >= 0.6 is 11.6 Å². The van der Waals surface area contributed by atoms with Gasteiger partial charge in [0.15, 0.2) is 0 Å². The maximum atomic E-state index is 13.4. The number of para-hydroxylation sites is 1. The number of imidazole rings is 1. The molecule has 1 aliphatic heterocycles. The van der Waals surface area contributed by atoms with Crippen molar-refractivity contribution in [1.82, 2.24) is 14.7 Å². The first kappa shape index (κ1) is 15.4. The van der Waals surface area contributed by atoms with Crippen molar-refractivity contribution < 1.29 is 9.13 Å². The molecule has 0 saturated carbocycles. The van der Waals surface area contributed by atoms with Crippen LogP contribution in [0.4, 0.5) is 4.39 Å². The van der Waals surface area contributed by atoms with Crippen molar-refractivity contribution in [2.24, 2.45) is 0 Å². The molecule has 2 unspecified atom stereocenters. The molecule has 0 amide bonds. The van der Waals surface area contributed by atoms with Gasteiger partial charge in [0, 0.05) is 31.6 Å². The number of nitrogens with one attached hydrogen (secondary N) is 1. The van der Waals surface area contributed by atoms with E-state index in [-0.39, 0.29) is 6.04 Å². The fourth-order valence-corrected chi connectivity index (χ4v) is 3.43. The molecule has 4 nitrogen and oxygen atoms in total. The minimum absolute atomic E-state index is 0.128. The lowest BCUT2D eigenvalue weighted by molar-refractivity contribution is 0.0844. The Morgan fingerprint density at radius 2 is 2.17 bits per heavy atom. The average Bonchev–Trinajstić information content (AvgIpc) is 2.93. The van der Waals surface area contributed by atoms with Crippen LogP contribution in [-0.2, 0) is 6.42 Å². The third-order valence-electron chi connectivity index (χ3n) is 4.20. The molecule has 0 aliphatic carbocycles. The molecule has 3 aromatic rings. The molecule has 2 aromatic heterocycles. The number of rotatable bonds is 3. The molecule has 2 atom stereocenters. The Hall–Kier alpha value is -2.11. The summed E-state index contributed by atoms with van der Waals surface area (Å²) in [6.07, 6.45) is 1.34. The second-order valence-electron chi connectivity index (χ2n) is 5.86. The maximum absolute atomic E-state index is 13.4. The molecule has 1 aromatic carbocycles. The van der Waals surface area contributed by atoms with Gasteiger partial charge < -0.3 is 14.5 Å². The number of nitrogens with zero attached hydrogens (tertiary/aromatic N) is 2. The molecule has 0 radical (unpaired) electrons. The van der Waals surface area contributed by atoms with E-state index >= 15 is 0 Å². The van der Waals surface area contributed by atoms with Gasteiger partial charge in [0.2, 0.25) is 6.36 Å². The number of halogens is 2. The number of hydrogen-bond acceptors (Lipinski definition) is 3. The Balaban J connectivity index is 1.88. The first-order chi connectivity index (χ1) is 11.6. The average molecular weight is 346 g/mol. The van der Waals surface area contributed by atoms with E-state index in [1.807, 2.05) is 40.9 Å². The summed E-state index contributed by atoms with van der Waals surface area (Å²) in [5.74, 6) is 0.537. The van der Waals surface area contributed by atoms with Crippen molar-refractivity contribution in [2.45, 2.75) is 25.7 Å². The summed E-state index contributed by atoms with van der Waals surface area (Å²) in [7, 11) is 0. The van der Waals surface area contributed by atoms with E-state index in [0.717, 1.165) is 35.6 Å². The molecular formula is C18H17ClFN3O. The van der Waals surface area contributed by atoms with E-state index in [0.29, 0.717) is 10.8 Å². The van der Waals surface area contributed by atoms with Crippen LogP contribution in [0.3, 0.4) is 0 Å². The third-order valence-corrected chi connectivity index (χ3v) is 4.42. The van der Waals surface area contributed by atoms with Crippen molar-refractivity contribution in [2.75, 3.05) is 6.54 Å². The second kappa shape index (κ2) is 6.07. The van der Waals surface area contributed by atoms with E-state index in [9.17, 15) is 4.39 Å². The lowest BCUT2D eigenvalue weighted by Gasteiger charge is -2.26. The molecule has 124 valence electrons. The number of aromatic nitrogens is 2. The highest BCUT2D eigenvalue weighted by Gasteiger charge is 2.28. The van der Waals surface area contributed by atoms with Crippen molar-refractivity contribution in [3.05, 3.63) is 64.6 Å². The number of ether oxygens (including phenoxy) is 1. The van der Waals surface area contributed by atoms with Crippen molar-refractivity contribution in [3.8, 4) is 5.75 Å². The van der Waals surface area contributed by atoms with Gasteiger partial charge in [-0.3, -0.25) is 0 Å². The van der Waals surface area contributed by atoms with Crippen LogP contribution in [-0.4, -0.2) is 22.3 Å². The summed E-state index contributed by atoms with van der Waals surface area (Å²) in [4.78, 5) is 4.71. The highest BCUT2D eigenvalue weighted by Crippen LogP contribution is 2.35. The van der Waals surface area contributed by atoms with E-state index in [2.05, 4.69) is 5.32 Å². The Morgan fingerprint density at radius 1 is 1.33 bits per heavy atom. The Morgan fingerprint density at radius 3 is 3.00 bits per heavy atom. The molecule has 3 heterocycles. The topological polar surface area (TPSA) is 38.6 Å². The predicted octanol–water partition coefficient (Wildman–Crippen LogP) is 3.92. The number of pyridine rings is 1. The lowest BCUT2D eigenvalue weighted by atomic mass is 9.97. The van der Waals surface area contributed by atoms with Gasteiger partial charge in [-0.05, 0) is 18.2 Å². The van der Waals surface area contributed by atoms with Crippen molar-refractivity contribution in [1.29, 1.82) is 0 Å². The maximum Gasteiger partial charge on any atom is 0.235 e. The molecule has 24 heavy (non-hydrogen) atoms. The van der Waals surface area contributed by atoms with E-state index in [1.165, 1.54) is 6.92 Å². The highest BCUT2D eigenvalue weighted by atomic mass is 35.5. The standard InChI is InChI=1S/C18H17ClFN3O/c1-11(20)24-15-5-3-2-4-13(15)17-18-14(8-9-21-17)22-16-7-6-12(19)10-23(16)18/h2-7,10-11,17,21H,8-9H2,1H3. The highest BCUT2D eigenvalue weighted by molar-refractivity contribution is 6.30. The Bertz CT molecular complexity index is 893. The number of hydrogen-bond donors (Lipinski definition) is 1. The zero-order valence-electron chi connectivity index (χ0n) is 13.2. The third kappa shape index (κ3) is 2.64. The smallest absolute Gasteiger partial charge is 0.235 e. The largest absolute Gasteiger partial charge is 0.460 e. The summed E-state index contributed by atoms with van der Waals surface area (Å²) in [6, 6.07) is 11.1. The predicted molar refractivity (Wildman–Crippen MR) is 91.4 cm³/mol. The van der Waals surface area contributed by atoms with E-state index < -0.39 is 6.36 Å². The van der Waals surface area contributed by atoms with Crippen LogP contribution in [0.25, 0.3) is 5.65 Å². The lowest BCUT2D eigenvalue weighted by Crippen LogP contribution is -2.31. The number of alkyl halides is 1. The molecule has 0 saturated heterocycles. The van der Waals surface area contributed by atoms with Gasteiger partial charge in [-0.15, -0.1) is 0 Å². The summed E-state index contributed by atoms with van der Waals surface area (Å²) >= 11 is 6.17. The summed E-state index contributed by atoms with van der Waals surface area (Å²) in [5, 5.41) is 4.14. The van der Waals surface area contributed by atoms with Crippen molar-refractivity contribution >= 4 is 17.2 Å². The van der Waals surface area contributed by atoms with Crippen LogP contribution in [0, 0.1) is 0 Å². The fraction of sp³-hybridized carbons (Fsp3) is 0.278. The summed E-state index contributed by atoms with van der Waals surface area (Å²) < 4.78 is 20.8. The van der Waals surface area contributed by atoms with Gasteiger partial charge in [-0.1, -0.05) is 29.8 Å². The first-order valence-electron chi connectivity index (χ1n) is 7.93. The van der Waals surface area contributed by atoms with Crippen LogP contribution in [0.2, 0.25) is 5.02 Å². The normalized spacial score (nSPS) is 18.4. The van der Waals surface area contributed by atoms with Gasteiger partial charge in [0.05, 0.1) is 22.5 Å². The minimum atomic E-state index is -1.37. The molecule has 1 N–H and O–H groups in total. The zero-order chi connectivity index (χ0) is 16.7. The van der Waals surface area contributed by atoms with E-state index in [1.54, 1.807) is 6.07 Å². The second-order valence-corrected chi connectivity index (χ2v) is 6.29. The van der Waals surface area contributed by atoms with Crippen LogP contribution in [0.15, 0.2) is 42.6 Å². The molecule has 4 rings (SSSR count). The van der Waals surface area contributed by atoms with Gasteiger partial charge in [0.1, 0.15) is 11.4 Å². The minimum Gasteiger partial charge on any atom is -0.460 e. The molecular weight excluding hydrogens is 329 g/mol. The van der Waals surface area contributed by atoms with Gasteiger partial charge in [0.25, 0.3) is 0 Å². The fourth-order valence-electron chi connectivity index (χ4n) is 3.27. The molecule has 0 fully saturated rings. The Kier molecular flexibility index (Phi) is 3.90. The first-order valence-corrected chi connectivity index (χ1v) is 8.30. The molecule has 1 aliphatic rings. The monoisotopic (exact) mass is 345 g/mol. The number of benzene rings is 1. The zero-order valence-corrected chi connectivity index (χ0v) is 13.9. The summed E-state index contributed by atoms with van der Waals surface area (Å²) in [5.41, 5.74) is 3.81. The van der Waals surface area contributed by atoms with Gasteiger partial charge >= 0.3 is 0 Å². The SMILES string of the molecule is CC(F)Oc1ccccc1C1NCCc2nc3ccc(Cl)cn3c21. The summed E-state index contributed by atoms with van der Waals surface area (Å²) in [6.45, 7) is 2.18. The van der Waals surface area contributed by atoms with Crippen molar-refractivity contribution in [3.63, 3.8) is 0 Å². The van der Waals surface area contributed by atoms with Gasteiger partial charge in [-0.25, -0.2) is 9.37 Å².